The molecule has 0 spiro atoms. The Bertz CT molecular complexity index is 433. The number of nitrogens with one attached hydrogen (secondary N) is 1. The second kappa shape index (κ2) is 6.75. The molecule has 1 amide bonds. The quantitative estimate of drug-likeness (QED) is 0.868. The fraction of sp³-hybridized carbons (Fsp3) is 0.562. The maximum atomic E-state index is 11.9. The zero-order chi connectivity index (χ0) is 14.5. The van der Waals surface area contributed by atoms with Crippen LogP contribution in [0, 0.1) is 5.92 Å². The molecule has 0 aromatic heterocycles. The molecule has 1 N–H and O–H groups in total. The number of hydrogen-bond donors (Lipinski definition) is 1. The molecule has 20 heavy (non-hydrogen) atoms. The summed E-state index contributed by atoms with van der Waals surface area (Å²) >= 11 is 0. The van der Waals surface area contributed by atoms with Crippen LogP contribution in [0.5, 0.6) is 0 Å². The minimum Gasteiger partial charge on any atom is -0.446 e. The van der Waals surface area contributed by atoms with Crippen LogP contribution >= 0.6 is 0 Å². The third kappa shape index (κ3) is 3.51. The van der Waals surface area contributed by atoms with Crippen molar-refractivity contribution in [3.05, 3.63) is 35.9 Å². The van der Waals surface area contributed by atoms with Gasteiger partial charge >= 0.3 is 6.09 Å². The van der Waals surface area contributed by atoms with Crippen molar-refractivity contribution in [3.8, 4) is 0 Å². The van der Waals surface area contributed by atoms with Crippen molar-refractivity contribution in [2.24, 2.45) is 5.92 Å². The molecule has 1 aliphatic heterocycles. The minimum absolute atomic E-state index is 0.0673. The molecule has 0 saturated carbocycles. The number of carbonyl (C=O) groups excluding carboxylic acids is 1. The predicted octanol–water partition coefficient (Wildman–Crippen LogP) is 2.99. The van der Waals surface area contributed by atoms with Gasteiger partial charge in [0.2, 0.25) is 0 Å². The lowest BCUT2D eigenvalue weighted by molar-refractivity contribution is 0.121. The van der Waals surface area contributed by atoms with Gasteiger partial charge in [0.25, 0.3) is 0 Å². The van der Waals surface area contributed by atoms with E-state index >= 15 is 0 Å². The Hall–Kier alpha value is -1.55. The standard InChI is InChI=1S/C16H24N2O2/c1-4-15(12(2)3)17-18-14(11-20-16(18)19)10-13-8-6-5-7-9-13/h5-9,12,14-15,17H,4,10-11H2,1-3H3/t14-,15-/m0/s1. The van der Waals surface area contributed by atoms with Gasteiger partial charge in [-0.05, 0) is 24.3 Å². The largest absolute Gasteiger partial charge is 0.446 e. The molecule has 1 aromatic rings. The van der Waals surface area contributed by atoms with E-state index in [2.05, 4.69) is 38.3 Å². The summed E-state index contributed by atoms with van der Waals surface area (Å²) < 4.78 is 5.20. The third-order valence-electron chi connectivity index (χ3n) is 3.82. The van der Waals surface area contributed by atoms with Gasteiger partial charge in [-0.3, -0.25) is 0 Å². The van der Waals surface area contributed by atoms with Crippen LogP contribution in [0.3, 0.4) is 0 Å². The highest BCUT2D eigenvalue weighted by Gasteiger charge is 2.34. The average molecular weight is 276 g/mol. The molecule has 0 aliphatic carbocycles. The molecule has 110 valence electrons. The van der Waals surface area contributed by atoms with Crippen LogP contribution in [0.15, 0.2) is 30.3 Å². The summed E-state index contributed by atoms with van der Waals surface area (Å²) in [4.78, 5) is 11.9. The van der Waals surface area contributed by atoms with E-state index in [0.717, 1.165) is 12.8 Å². The lowest BCUT2D eigenvalue weighted by Crippen LogP contribution is -2.51. The second-order valence-corrected chi connectivity index (χ2v) is 5.68. The predicted molar refractivity (Wildman–Crippen MR) is 79.2 cm³/mol. The highest BCUT2D eigenvalue weighted by molar-refractivity contribution is 5.69. The monoisotopic (exact) mass is 276 g/mol. The van der Waals surface area contributed by atoms with E-state index in [0.29, 0.717) is 18.6 Å². The second-order valence-electron chi connectivity index (χ2n) is 5.68. The first-order valence-corrected chi connectivity index (χ1v) is 7.38. The lowest BCUT2D eigenvalue weighted by Gasteiger charge is -2.29. The number of rotatable bonds is 6. The minimum atomic E-state index is -0.259. The van der Waals surface area contributed by atoms with Crippen LogP contribution in [0.4, 0.5) is 4.79 Å². The van der Waals surface area contributed by atoms with Gasteiger partial charge in [-0.15, -0.1) is 0 Å². The van der Waals surface area contributed by atoms with Crippen LogP contribution in [0.25, 0.3) is 0 Å². The number of benzene rings is 1. The topological polar surface area (TPSA) is 41.6 Å². The Balaban J connectivity index is 2.03. The lowest BCUT2D eigenvalue weighted by atomic mass is 10.0. The maximum Gasteiger partial charge on any atom is 0.424 e. The SMILES string of the molecule is CC[C@H](NN1C(=O)OC[C@@H]1Cc1ccccc1)C(C)C. The molecule has 0 radical (unpaired) electrons. The molecule has 4 nitrogen and oxygen atoms in total. The number of amides is 1. The summed E-state index contributed by atoms with van der Waals surface area (Å²) in [6, 6.07) is 10.6. The van der Waals surface area contributed by atoms with Crippen LogP contribution in [-0.2, 0) is 11.2 Å². The number of cyclic esters (lactones) is 1. The van der Waals surface area contributed by atoms with Gasteiger partial charge in [-0.1, -0.05) is 51.1 Å². The van der Waals surface area contributed by atoms with E-state index in [4.69, 9.17) is 4.74 Å². The summed E-state index contributed by atoms with van der Waals surface area (Å²) in [5.74, 6) is 0.478. The Morgan fingerprint density at radius 1 is 1.35 bits per heavy atom. The number of ether oxygens (including phenoxy) is 1. The molecule has 1 saturated heterocycles. The molecular formula is C16H24N2O2. The molecule has 1 aromatic carbocycles. The third-order valence-corrected chi connectivity index (χ3v) is 3.82. The fourth-order valence-electron chi connectivity index (χ4n) is 2.55. The van der Waals surface area contributed by atoms with E-state index in [1.54, 1.807) is 5.01 Å². The molecule has 2 atom stereocenters. The number of hydrazine groups is 1. The van der Waals surface area contributed by atoms with Gasteiger partial charge in [-0.25, -0.2) is 15.2 Å². The highest BCUT2D eigenvalue weighted by atomic mass is 16.6. The molecule has 4 heteroatoms. The molecule has 1 aliphatic rings. The van der Waals surface area contributed by atoms with E-state index < -0.39 is 0 Å². The molecule has 2 rings (SSSR count). The van der Waals surface area contributed by atoms with Crippen LogP contribution in [-0.4, -0.2) is 29.8 Å². The van der Waals surface area contributed by atoms with Crippen LogP contribution < -0.4 is 5.43 Å². The molecule has 1 heterocycles. The molecule has 0 unspecified atom stereocenters. The van der Waals surface area contributed by atoms with Crippen LogP contribution in [0.1, 0.15) is 32.8 Å². The molecule has 0 bridgehead atoms. The van der Waals surface area contributed by atoms with Crippen molar-refractivity contribution in [2.45, 2.75) is 45.7 Å². The highest BCUT2D eigenvalue weighted by Crippen LogP contribution is 2.17. The zero-order valence-electron chi connectivity index (χ0n) is 12.5. The van der Waals surface area contributed by atoms with Crippen molar-refractivity contribution in [3.63, 3.8) is 0 Å². The maximum absolute atomic E-state index is 11.9. The number of carbonyl (C=O) groups is 1. The van der Waals surface area contributed by atoms with Gasteiger partial charge in [-0.2, -0.15) is 0 Å². The summed E-state index contributed by atoms with van der Waals surface area (Å²) in [5, 5.41) is 1.68. The van der Waals surface area contributed by atoms with Crippen molar-refractivity contribution >= 4 is 6.09 Å². The zero-order valence-corrected chi connectivity index (χ0v) is 12.5. The van der Waals surface area contributed by atoms with Gasteiger partial charge in [0, 0.05) is 6.04 Å². The first kappa shape index (κ1) is 14.9. The van der Waals surface area contributed by atoms with Crippen molar-refractivity contribution in [2.75, 3.05) is 6.61 Å². The Labute approximate surface area is 121 Å². The Morgan fingerprint density at radius 3 is 2.65 bits per heavy atom. The van der Waals surface area contributed by atoms with E-state index in [-0.39, 0.29) is 12.1 Å². The fourth-order valence-corrected chi connectivity index (χ4v) is 2.55. The smallest absolute Gasteiger partial charge is 0.424 e. The first-order valence-electron chi connectivity index (χ1n) is 7.38. The number of hydrogen-bond acceptors (Lipinski definition) is 3. The molecule has 1 fully saturated rings. The van der Waals surface area contributed by atoms with Gasteiger partial charge in [0.05, 0.1) is 6.04 Å². The Kier molecular flexibility index (Phi) is 5.01. The Morgan fingerprint density at radius 2 is 2.05 bits per heavy atom. The first-order chi connectivity index (χ1) is 9.61. The average Bonchev–Trinajstić information content (AvgIpc) is 2.77. The van der Waals surface area contributed by atoms with Crippen molar-refractivity contribution in [1.29, 1.82) is 0 Å². The van der Waals surface area contributed by atoms with E-state index in [1.165, 1.54) is 5.56 Å². The van der Waals surface area contributed by atoms with Gasteiger partial charge in [0.15, 0.2) is 0 Å². The van der Waals surface area contributed by atoms with Gasteiger partial charge in [0.1, 0.15) is 6.61 Å². The summed E-state index contributed by atoms with van der Waals surface area (Å²) in [5.41, 5.74) is 4.57. The molecular weight excluding hydrogens is 252 g/mol. The van der Waals surface area contributed by atoms with Gasteiger partial charge < -0.3 is 4.74 Å². The van der Waals surface area contributed by atoms with E-state index in [9.17, 15) is 4.79 Å². The number of nitrogens with zero attached hydrogens (tertiary/aromatic N) is 1. The van der Waals surface area contributed by atoms with Crippen molar-refractivity contribution in [1.82, 2.24) is 10.4 Å². The van der Waals surface area contributed by atoms with E-state index in [1.807, 2.05) is 18.2 Å². The van der Waals surface area contributed by atoms with Crippen molar-refractivity contribution < 1.29 is 9.53 Å². The normalized spacial score (nSPS) is 20.3. The summed E-state index contributed by atoms with van der Waals surface area (Å²) in [7, 11) is 0. The van der Waals surface area contributed by atoms with Crippen LogP contribution in [0.2, 0.25) is 0 Å². The summed E-state index contributed by atoms with van der Waals surface area (Å²) in [6.45, 7) is 6.91. The summed E-state index contributed by atoms with van der Waals surface area (Å²) in [6.07, 6.45) is 1.54.